The summed E-state index contributed by atoms with van der Waals surface area (Å²) in [5.41, 5.74) is 8.30. The predicted octanol–water partition coefficient (Wildman–Crippen LogP) is 3.69. The summed E-state index contributed by atoms with van der Waals surface area (Å²) in [6, 6.07) is 14.8. The van der Waals surface area contributed by atoms with Crippen LogP contribution in [-0.2, 0) is 0 Å². The zero-order valence-corrected chi connectivity index (χ0v) is 17.9. The molecule has 1 amide bonds. The highest BCUT2D eigenvalue weighted by atomic mass is 16.5. The lowest BCUT2D eigenvalue weighted by Crippen LogP contribution is -2.48. The third-order valence-electron chi connectivity index (χ3n) is 5.63. The van der Waals surface area contributed by atoms with Crippen LogP contribution in [0, 0.1) is 6.92 Å². The highest BCUT2D eigenvalue weighted by Gasteiger charge is 2.31. The van der Waals surface area contributed by atoms with Gasteiger partial charge in [0.05, 0.1) is 7.11 Å². The Bertz CT molecular complexity index is 1050. The van der Waals surface area contributed by atoms with Crippen molar-refractivity contribution >= 4 is 23.2 Å². The van der Waals surface area contributed by atoms with Gasteiger partial charge in [-0.05, 0) is 67.8 Å². The van der Waals surface area contributed by atoms with Crippen LogP contribution in [-0.4, -0.2) is 42.1 Å². The van der Waals surface area contributed by atoms with Crippen LogP contribution < -0.4 is 20.3 Å². The quantitative estimate of drug-likeness (QED) is 0.682. The minimum absolute atomic E-state index is 0.0428. The van der Waals surface area contributed by atoms with Gasteiger partial charge in [-0.3, -0.25) is 9.69 Å². The summed E-state index contributed by atoms with van der Waals surface area (Å²) >= 11 is 0. The molecule has 0 atom stereocenters. The summed E-state index contributed by atoms with van der Waals surface area (Å²) in [6.45, 7) is 3.59. The Labute approximate surface area is 182 Å². The summed E-state index contributed by atoms with van der Waals surface area (Å²) in [7, 11) is 1.61. The maximum Gasteiger partial charge on any atom is 0.259 e. The van der Waals surface area contributed by atoms with Gasteiger partial charge in [-0.25, -0.2) is 9.97 Å². The molecule has 0 saturated carbocycles. The molecule has 4 rings (SSSR count). The Kier molecular flexibility index (Phi) is 6.02. The minimum atomic E-state index is -0.0544. The van der Waals surface area contributed by atoms with Crippen molar-refractivity contribution in [2.45, 2.75) is 25.8 Å². The Hall–Kier alpha value is -3.61. The van der Waals surface area contributed by atoms with Crippen molar-refractivity contribution in [1.29, 1.82) is 0 Å². The van der Waals surface area contributed by atoms with E-state index >= 15 is 0 Å². The van der Waals surface area contributed by atoms with Gasteiger partial charge < -0.3 is 15.4 Å². The normalized spacial score (nSPS) is 14.3. The maximum absolute atomic E-state index is 13.6. The van der Waals surface area contributed by atoms with E-state index < -0.39 is 0 Å². The fourth-order valence-corrected chi connectivity index (χ4v) is 3.94. The number of nitrogen functional groups attached to an aromatic ring is 1. The lowest BCUT2D eigenvalue weighted by Gasteiger charge is -2.38. The van der Waals surface area contributed by atoms with E-state index in [0.29, 0.717) is 17.1 Å². The number of aromatic nitrogens is 2. The van der Waals surface area contributed by atoms with E-state index in [0.717, 1.165) is 43.1 Å². The van der Waals surface area contributed by atoms with E-state index in [4.69, 9.17) is 10.5 Å². The number of nitrogens with zero attached hydrogens (tertiary/aromatic N) is 4. The predicted molar refractivity (Wildman–Crippen MR) is 123 cm³/mol. The molecule has 1 aliphatic heterocycles. The first-order chi connectivity index (χ1) is 15.0. The van der Waals surface area contributed by atoms with E-state index in [9.17, 15) is 4.79 Å². The topological polar surface area (TPSA) is 84.6 Å². The number of anilines is 3. The average molecular weight is 418 g/mol. The smallest absolute Gasteiger partial charge is 0.259 e. The molecule has 0 bridgehead atoms. The Morgan fingerprint density at radius 2 is 1.77 bits per heavy atom. The summed E-state index contributed by atoms with van der Waals surface area (Å²) < 4.78 is 5.23. The third kappa shape index (κ3) is 4.60. The SMILES string of the molecule is COc1ccc(C(=O)N(c2cc(C)ccn2)C2CCN(c3cc(N)ccn3)CC2)cc1. The molecule has 1 aliphatic rings. The summed E-state index contributed by atoms with van der Waals surface area (Å²) in [6.07, 6.45) is 5.11. The molecule has 1 fully saturated rings. The van der Waals surface area contributed by atoms with Crippen LogP contribution in [0.4, 0.5) is 17.3 Å². The molecule has 2 aromatic heterocycles. The molecule has 0 radical (unpaired) electrons. The van der Waals surface area contributed by atoms with E-state index in [-0.39, 0.29) is 11.9 Å². The van der Waals surface area contributed by atoms with Gasteiger partial charge >= 0.3 is 0 Å². The molecule has 7 nitrogen and oxygen atoms in total. The van der Waals surface area contributed by atoms with Crippen LogP contribution in [0.1, 0.15) is 28.8 Å². The van der Waals surface area contributed by atoms with Crippen LogP contribution in [0.3, 0.4) is 0 Å². The lowest BCUT2D eigenvalue weighted by molar-refractivity contribution is 0.0971. The molecule has 7 heteroatoms. The second kappa shape index (κ2) is 9.04. The number of benzene rings is 1. The number of pyridine rings is 2. The fourth-order valence-electron chi connectivity index (χ4n) is 3.94. The standard InChI is InChI=1S/C24H27N5O2/c1-17-7-11-27-23(15-17)29(24(30)18-3-5-21(31-2)6-4-18)20-9-13-28(14-10-20)22-16-19(25)8-12-26-22/h3-8,11-12,15-16,20H,9-10,13-14H2,1-2H3,(H2,25,26). The van der Waals surface area contributed by atoms with Crippen molar-refractivity contribution < 1.29 is 9.53 Å². The molecule has 3 heterocycles. The van der Waals surface area contributed by atoms with Crippen molar-refractivity contribution in [2.24, 2.45) is 0 Å². The number of hydrogen-bond donors (Lipinski definition) is 1. The largest absolute Gasteiger partial charge is 0.497 e. The summed E-state index contributed by atoms with van der Waals surface area (Å²) in [5.74, 6) is 2.22. The fraction of sp³-hybridized carbons (Fsp3) is 0.292. The molecule has 0 aliphatic carbocycles. The minimum Gasteiger partial charge on any atom is -0.497 e. The number of hydrogen-bond acceptors (Lipinski definition) is 6. The van der Waals surface area contributed by atoms with Crippen molar-refractivity contribution in [3.05, 3.63) is 72.1 Å². The van der Waals surface area contributed by atoms with Crippen LogP contribution in [0.2, 0.25) is 0 Å². The number of methoxy groups -OCH3 is 1. The van der Waals surface area contributed by atoms with Crippen molar-refractivity contribution in [1.82, 2.24) is 9.97 Å². The third-order valence-corrected chi connectivity index (χ3v) is 5.63. The Morgan fingerprint density at radius 3 is 2.42 bits per heavy atom. The number of rotatable bonds is 5. The maximum atomic E-state index is 13.6. The molecule has 160 valence electrons. The number of nitrogens with two attached hydrogens (primary N) is 1. The number of amides is 1. The number of aryl methyl sites for hydroxylation is 1. The molecule has 0 spiro atoms. The molecule has 2 N–H and O–H groups in total. The highest BCUT2D eigenvalue weighted by Crippen LogP contribution is 2.27. The van der Waals surface area contributed by atoms with Crippen LogP contribution in [0.25, 0.3) is 0 Å². The molecule has 1 saturated heterocycles. The van der Waals surface area contributed by atoms with E-state index in [2.05, 4.69) is 14.9 Å². The van der Waals surface area contributed by atoms with E-state index in [1.165, 1.54) is 0 Å². The zero-order valence-electron chi connectivity index (χ0n) is 17.9. The van der Waals surface area contributed by atoms with E-state index in [1.807, 2.05) is 42.2 Å². The number of carbonyl (C=O) groups excluding carboxylic acids is 1. The first kappa shape index (κ1) is 20.7. The van der Waals surface area contributed by atoms with Gasteiger partial charge in [-0.1, -0.05) is 0 Å². The van der Waals surface area contributed by atoms with Crippen LogP contribution in [0.15, 0.2) is 60.9 Å². The van der Waals surface area contributed by atoms with Crippen LogP contribution >= 0.6 is 0 Å². The summed E-state index contributed by atoms with van der Waals surface area (Å²) in [5, 5.41) is 0. The van der Waals surface area contributed by atoms with Gasteiger partial charge in [0.15, 0.2) is 0 Å². The van der Waals surface area contributed by atoms with Gasteiger partial charge in [-0.2, -0.15) is 0 Å². The first-order valence-electron chi connectivity index (χ1n) is 10.4. The first-order valence-corrected chi connectivity index (χ1v) is 10.4. The second-order valence-electron chi connectivity index (χ2n) is 7.76. The molecule has 0 unspecified atom stereocenters. The number of ether oxygens (including phenoxy) is 1. The zero-order chi connectivity index (χ0) is 21.8. The monoisotopic (exact) mass is 417 g/mol. The molecular weight excluding hydrogens is 390 g/mol. The number of piperidine rings is 1. The van der Waals surface area contributed by atoms with Gasteiger partial charge in [0.25, 0.3) is 5.91 Å². The van der Waals surface area contributed by atoms with Crippen LogP contribution in [0.5, 0.6) is 5.75 Å². The van der Waals surface area contributed by atoms with Gasteiger partial charge in [0, 0.05) is 48.8 Å². The Morgan fingerprint density at radius 1 is 1.06 bits per heavy atom. The molecular formula is C24H27N5O2. The second-order valence-corrected chi connectivity index (χ2v) is 7.76. The van der Waals surface area contributed by atoms with Gasteiger partial charge in [-0.15, -0.1) is 0 Å². The molecule has 1 aromatic carbocycles. The van der Waals surface area contributed by atoms with E-state index in [1.54, 1.807) is 37.7 Å². The van der Waals surface area contributed by atoms with Crippen molar-refractivity contribution in [3.8, 4) is 5.75 Å². The summed E-state index contributed by atoms with van der Waals surface area (Å²) in [4.78, 5) is 26.6. The van der Waals surface area contributed by atoms with Gasteiger partial charge in [0.1, 0.15) is 17.4 Å². The average Bonchev–Trinajstić information content (AvgIpc) is 2.80. The molecule has 3 aromatic rings. The number of carbonyl (C=O) groups is 1. The lowest BCUT2D eigenvalue weighted by atomic mass is 10.0. The van der Waals surface area contributed by atoms with Crippen molar-refractivity contribution in [3.63, 3.8) is 0 Å². The van der Waals surface area contributed by atoms with Crippen molar-refractivity contribution in [2.75, 3.05) is 35.7 Å². The Balaban J connectivity index is 1.58. The van der Waals surface area contributed by atoms with Gasteiger partial charge in [0.2, 0.25) is 0 Å². The molecule has 31 heavy (non-hydrogen) atoms. The highest BCUT2D eigenvalue weighted by molar-refractivity contribution is 6.06.